The zero-order valence-electron chi connectivity index (χ0n) is 12.6. The average Bonchev–Trinajstić information content (AvgIpc) is 3.15. The van der Waals surface area contributed by atoms with E-state index in [1.54, 1.807) is 13.0 Å². The van der Waals surface area contributed by atoms with Crippen LogP contribution in [0.5, 0.6) is 0 Å². The summed E-state index contributed by atoms with van der Waals surface area (Å²) < 4.78 is 10.5. The molecule has 1 aromatic carbocycles. The topological polar surface area (TPSA) is 94.1 Å². The lowest BCUT2D eigenvalue weighted by Gasteiger charge is -1.99. The average molecular weight is 330 g/mol. The molecule has 0 unspecified atom stereocenters. The van der Waals surface area contributed by atoms with E-state index in [4.69, 9.17) is 8.94 Å². The van der Waals surface area contributed by atoms with Crippen molar-refractivity contribution in [2.24, 2.45) is 0 Å². The first kappa shape index (κ1) is 15.3. The number of rotatable bonds is 5. The minimum Gasteiger partial charge on any atom is -0.411 e. The fourth-order valence-corrected chi connectivity index (χ4v) is 2.48. The van der Waals surface area contributed by atoms with Crippen molar-refractivity contribution in [1.29, 1.82) is 0 Å². The zero-order chi connectivity index (χ0) is 16.2. The maximum absolute atomic E-state index is 11.8. The number of anilines is 1. The van der Waals surface area contributed by atoms with Crippen LogP contribution in [0.2, 0.25) is 0 Å². The van der Waals surface area contributed by atoms with E-state index >= 15 is 0 Å². The van der Waals surface area contributed by atoms with Crippen LogP contribution < -0.4 is 5.32 Å². The van der Waals surface area contributed by atoms with Gasteiger partial charge in [0.2, 0.25) is 11.8 Å². The number of carbonyl (C=O) groups is 1. The summed E-state index contributed by atoms with van der Waals surface area (Å²) in [5, 5.41) is 14.6. The van der Waals surface area contributed by atoms with Gasteiger partial charge in [-0.1, -0.05) is 35.1 Å². The fourth-order valence-electron chi connectivity index (χ4n) is 1.92. The van der Waals surface area contributed by atoms with Gasteiger partial charge >= 0.3 is 0 Å². The fraction of sp³-hybridized carbons (Fsp3) is 0.200. The molecule has 0 fully saturated rings. The van der Waals surface area contributed by atoms with Gasteiger partial charge in [-0.3, -0.25) is 4.79 Å². The molecule has 0 saturated heterocycles. The summed E-state index contributed by atoms with van der Waals surface area (Å²) in [6, 6.07) is 9.38. The molecule has 0 atom stereocenters. The van der Waals surface area contributed by atoms with Crippen molar-refractivity contribution in [3.8, 4) is 11.5 Å². The predicted molar refractivity (Wildman–Crippen MR) is 85.1 cm³/mol. The predicted octanol–water partition coefficient (Wildman–Crippen LogP) is 3.07. The van der Waals surface area contributed by atoms with Gasteiger partial charge < -0.3 is 14.3 Å². The third kappa shape index (κ3) is 3.78. The van der Waals surface area contributed by atoms with Gasteiger partial charge in [-0.15, -0.1) is 10.2 Å². The largest absolute Gasteiger partial charge is 0.411 e. The Morgan fingerprint density at radius 1 is 1.26 bits per heavy atom. The molecule has 0 bridgehead atoms. The molecular formula is C15H14N4O3S. The van der Waals surface area contributed by atoms with E-state index in [2.05, 4.69) is 20.7 Å². The Balaban J connectivity index is 1.59. The summed E-state index contributed by atoms with van der Waals surface area (Å²) in [4.78, 5) is 11.8. The molecule has 0 aliphatic heterocycles. The number of aryl methyl sites for hydroxylation is 2. The lowest BCUT2D eigenvalue weighted by molar-refractivity contribution is -0.113. The monoisotopic (exact) mass is 330 g/mol. The van der Waals surface area contributed by atoms with Crippen molar-refractivity contribution in [2.75, 3.05) is 11.1 Å². The first-order valence-electron chi connectivity index (χ1n) is 6.87. The molecule has 0 aliphatic rings. The van der Waals surface area contributed by atoms with Crippen LogP contribution in [-0.4, -0.2) is 27.0 Å². The molecule has 1 N–H and O–H groups in total. The van der Waals surface area contributed by atoms with E-state index in [1.165, 1.54) is 11.8 Å². The number of aromatic nitrogens is 3. The maximum Gasteiger partial charge on any atom is 0.277 e. The first-order chi connectivity index (χ1) is 11.1. The minimum atomic E-state index is -0.223. The highest BCUT2D eigenvalue weighted by molar-refractivity contribution is 7.99. The van der Waals surface area contributed by atoms with E-state index in [1.807, 2.05) is 31.2 Å². The van der Waals surface area contributed by atoms with Gasteiger partial charge in [-0.25, -0.2) is 0 Å². The number of hydrogen-bond donors (Lipinski definition) is 1. The smallest absolute Gasteiger partial charge is 0.277 e. The molecule has 118 valence electrons. The Kier molecular flexibility index (Phi) is 4.42. The Labute approximate surface area is 136 Å². The van der Waals surface area contributed by atoms with Crippen LogP contribution in [0.3, 0.4) is 0 Å². The van der Waals surface area contributed by atoms with Crippen molar-refractivity contribution in [2.45, 2.75) is 19.1 Å². The number of thioether (sulfide) groups is 1. The van der Waals surface area contributed by atoms with Gasteiger partial charge in [-0.05, 0) is 25.5 Å². The molecule has 0 radical (unpaired) electrons. The van der Waals surface area contributed by atoms with Crippen LogP contribution in [0.25, 0.3) is 11.5 Å². The van der Waals surface area contributed by atoms with E-state index < -0.39 is 0 Å². The molecule has 2 heterocycles. The number of amides is 1. The second kappa shape index (κ2) is 6.66. The highest BCUT2D eigenvalue weighted by Gasteiger charge is 2.13. The van der Waals surface area contributed by atoms with Gasteiger partial charge in [-0.2, -0.15) is 0 Å². The van der Waals surface area contributed by atoms with Gasteiger partial charge in [0.05, 0.1) is 5.75 Å². The molecule has 1 amide bonds. The van der Waals surface area contributed by atoms with Crippen molar-refractivity contribution in [3.05, 3.63) is 41.7 Å². The molecule has 23 heavy (non-hydrogen) atoms. The van der Waals surface area contributed by atoms with Gasteiger partial charge in [0.1, 0.15) is 5.76 Å². The SMILES string of the molecule is Cc1cc(NC(=O)CSc2nnc(-c3ccccc3C)o2)no1. The number of nitrogens with one attached hydrogen (secondary N) is 1. The van der Waals surface area contributed by atoms with E-state index in [-0.39, 0.29) is 11.7 Å². The Hall–Kier alpha value is -2.61. The third-order valence-corrected chi connectivity index (χ3v) is 3.82. The number of benzene rings is 1. The summed E-state index contributed by atoms with van der Waals surface area (Å²) in [6.07, 6.45) is 0. The second-order valence-corrected chi connectivity index (χ2v) is 5.77. The molecular weight excluding hydrogens is 316 g/mol. The number of carbonyl (C=O) groups excluding carboxylic acids is 1. The van der Waals surface area contributed by atoms with Crippen LogP contribution in [0, 0.1) is 13.8 Å². The molecule has 7 nitrogen and oxygen atoms in total. The Morgan fingerprint density at radius 2 is 2.09 bits per heavy atom. The standard InChI is InChI=1S/C15H14N4O3S/c1-9-5-3-4-6-11(9)14-17-18-15(21-14)23-8-13(20)16-12-7-10(2)22-19-12/h3-7H,8H2,1-2H3,(H,16,19,20). The molecule has 2 aromatic heterocycles. The molecule has 3 rings (SSSR count). The van der Waals surface area contributed by atoms with Crippen molar-refractivity contribution in [1.82, 2.24) is 15.4 Å². The summed E-state index contributed by atoms with van der Waals surface area (Å²) in [6.45, 7) is 3.72. The van der Waals surface area contributed by atoms with Gasteiger partial charge in [0.25, 0.3) is 5.22 Å². The zero-order valence-corrected chi connectivity index (χ0v) is 13.4. The highest BCUT2D eigenvalue weighted by Crippen LogP contribution is 2.25. The molecule has 0 spiro atoms. The minimum absolute atomic E-state index is 0.140. The molecule has 0 aliphatic carbocycles. The summed E-state index contributed by atoms with van der Waals surface area (Å²) in [7, 11) is 0. The lowest BCUT2D eigenvalue weighted by Crippen LogP contribution is -2.14. The number of nitrogens with zero attached hydrogens (tertiary/aromatic N) is 3. The van der Waals surface area contributed by atoms with Crippen molar-refractivity contribution < 1.29 is 13.7 Å². The van der Waals surface area contributed by atoms with Crippen molar-refractivity contribution >= 4 is 23.5 Å². The summed E-state index contributed by atoms with van der Waals surface area (Å²) >= 11 is 1.17. The van der Waals surface area contributed by atoms with E-state index in [9.17, 15) is 4.79 Å². The van der Waals surface area contributed by atoms with Crippen LogP contribution in [0.15, 0.2) is 44.5 Å². The molecule has 8 heteroatoms. The van der Waals surface area contributed by atoms with Gasteiger partial charge in [0, 0.05) is 11.6 Å². The summed E-state index contributed by atoms with van der Waals surface area (Å²) in [5.74, 6) is 1.38. The van der Waals surface area contributed by atoms with Crippen LogP contribution in [0.1, 0.15) is 11.3 Å². The van der Waals surface area contributed by atoms with Crippen LogP contribution in [-0.2, 0) is 4.79 Å². The normalized spacial score (nSPS) is 10.7. The third-order valence-electron chi connectivity index (χ3n) is 3.00. The number of hydrogen-bond acceptors (Lipinski definition) is 7. The second-order valence-electron chi connectivity index (χ2n) is 4.85. The maximum atomic E-state index is 11.8. The van der Waals surface area contributed by atoms with E-state index in [0.29, 0.717) is 22.7 Å². The quantitative estimate of drug-likeness (QED) is 0.718. The van der Waals surface area contributed by atoms with Gasteiger partial charge in [0.15, 0.2) is 5.82 Å². The van der Waals surface area contributed by atoms with Crippen LogP contribution >= 0.6 is 11.8 Å². The van der Waals surface area contributed by atoms with Crippen LogP contribution in [0.4, 0.5) is 5.82 Å². The Bertz CT molecular complexity index is 828. The molecule has 0 saturated carbocycles. The lowest BCUT2D eigenvalue weighted by atomic mass is 10.1. The first-order valence-corrected chi connectivity index (χ1v) is 7.86. The summed E-state index contributed by atoms with van der Waals surface area (Å²) in [5.41, 5.74) is 1.93. The Morgan fingerprint density at radius 3 is 2.83 bits per heavy atom. The highest BCUT2D eigenvalue weighted by atomic mass is 32.2. The van der Waals surface area contributed by atoms with Crippen molar-refractivity contribution in [3.63, 3.8) is 0 Å². The van der Waals surface area contributed by atoms with E-state index in [0.717, 1.165) is 11.1 Å². The molecule has 3 aromatic rings.